The van der Waals surface area contributed by atoms with Crippen LogP contribution in [-0.2, 0) is 0 Å². The first kappa shape index (κ1) is 20.2. The molecule has 2 aromatic carbocycles. The Morgan fingerprint density at radius 3 is 2.31 bits per heavy atom. The fourth-order valence-corrected chi connectivity index (χ4v) is 2.53. The average Bonchev–Trinajstić information content (AvgIpc) is 2.65. The number of nitrogens with one attached hydrogen (secondary N) is 2. The maximum atomic E-state index is 13.3. The molecule has 0 aliphatic rings. The van der Waals surface area contributed by atoms with Crippen molar-refractivity contribution < 1.29 is 18.3 Å². The van der Waals surface area contributed by atoms with E-state index in [0.29, 0.717) is 5.69 Å². The zero-order valence-corrected chi connectivity index (χ0v) is 16.2. The highest BCUT2D eigenvalue weighted by atomic mass is 19.2. The lowest BCUT2D eigenvalue weighted by Gasteiger charge is -2.11. The number of ether oxygens (including phenoxy) is 1. The largest absolute Gasteiger partial charge is 0.491 e. The van der Waals surface area contributed by atoms with Crippen molar-refractivity contribution in [3.05, 3.63) is 71.6 Å². The first-order valence-corrected chi connectivity index (χ1v) is 8.96. The van der Waals surface area contributed by atoms with Crippen molar-refractivity contribution in [2.24, 2.45) is 0 Å². The predicted octanol–water partition coefficient (Wildman–Crippen LogP) is 4.85. The van der Waals surface area contributed by atoms with Crippen LogP contribution in [-0.4, -0.2) is 22.0 Å². The smallest absolute Gasteiger partial charge is 0.274 e. The highest BCUT2D eigenvalue weighted by Gasteiger charge is 2.13. The second-order valence-corrected chi connectivity index (χ2v) is 6.62. The van der Waals surface area contributed by atoms with Crippen molar-refractivity contribution in [3.8, 4) is 5.75 Å². The number of rotatable bonds is 6. The number of halogens is 2. The molecule has 0 spiro atoms. The Kier molecular flexibility index (Phi) is 6.01. The molecule has 3 rings (SSSR count). The van der Waals surface area contributed by atoms with Gasteiger partial charge in [-0.25, -0.2) is 18.7 Å². The summed E-state index contributed by atoms with van der Waals surface area (Å²) in [6, 6.07) is 11.9. The van der Waals surface area contributed by atoms with Crippen LogP contribution in [0.5, 0.6) is 5.75 Å². The first-order chi connectivity index (χ1) is 13.8. The molecule has 0 radical (unpaired) electrons. The summed E-state index contributed by atoms with van der Waals surface area (Å²) >= 11 is 0. The number of anilines is 3. The van der Waals surface area contributed by atoms with Crippen LogP contribution in [0.25, 0.3) is 0 Å². The number of aromatic nitrogens is 2. The Morgan fingerprint density at radius 2 is 1.66 bits per heavy atom. The van der Waals surface area contributed by atoms with Gasteiger partial charge in [-0.15, -0.1) is 0 Å². The normalized spacial score (nSPS) is 10.7. The summed E-state index contributed by atoms with van der Waals surface area (Å²) < 4.78 is 32.0. The van der Waals surface area contributed by atoms with Gasteiger partial charge in [-0.2, -0.15) is 0 Å². The van der Waals surface area contributed by atoms with E-state index in [1.54, 1.807) is 6.92 Å². The summed E-state index contributed by atoms with van der Waals surface area (Å²) in [7, 11) is 0. The molecule has 0 bridgehead atoms. The van der Waals surface area contributed by atoms with Gasteiger partial charge < -0.3 is 15.4 Å². The van der Waals surface area contributed by atoms with E-state index < -0.39 is 17.5 Å². The predicted molar refractivity (Wildman–Crippen MR) is 107 cm³/mol. The average molecular weight is 398 g/mol. The van der Waals surface area contributed by atoms with Crippen molar-refractivity contribution in [3.63, 3.8) is 0 Å². The van der Waals surface area contributed by atoms with Crippen molar-refractivity contribution in [2.75, 3.05) is 10.6 Å². The molecule has 6 nitrogen and oxygen atoms in total. The molecule has 0 aliphatic heterocycles. The van der Waals surface area contributed by atoms with Crippen LogP contribution in [0.1, 0.15) is 30.0 Å². The Labute approximate surface area is 167 Å². The highest BCUT2D eigenvalue weighted by Crippen LogP contribution is 2.20. The van der Waals surface area contributed by atoms with E-state index in [-0.39, 0.29) is 23.4 Å². The quantitative estimate of drug-likeness (QED) is 0.621. The van der Waals surface area contributed by atoms with E-state index in [9.17, 15) is 13.6 Å². The molecule has 1 heterocycles. The summed E-state index contributed by atoms with van der Waals surface area (Å²) in [4.78, 5) is 20.9. The molecule has 1 aromatic heterocycles. The van der Waals surface area contributed by atoms with Crippen molar-refractivity contribution >= 4 is 23.2 Å². The molecule has 0 atom stereocenters. The summed E-state index contributed by atoms with van der Waals surface area (Å²) in [5.41, 5.74) is 1.50. The van der Waals surface area contributed by atoms with Gasteiger partial charge in [0, 0.05) is 23.1 Å². The van der Waals surface area contributed by atoms with Gasteiger partial charge in [0.15, 0.2) is 11.6 Å². The molecule has 2 N–H and O–H groups in total. The van der Waals surface area contributed by atoms with Gasteiger partial charge in [-0.1, -0.05) is 0 Å². The number of aryl methyl sites for hydroxylation is 1. The molecule has 8 heteroatoms. The second-order valence-electron chi connectivity index (χ2n) is 6.62. The zero-order valence-electron chi connectivity index (χ0n) is 16.2. The van der Waals surface area contributed by atoms with E-state index in [0.717, 1.165) is 23.6 Å². The van der Waals surface area contributed by atoms with Crippen LogP contribution in [0.2, 0.25) is 0 Å². The van der Waals surface area contributed by atoms with Gasteiger partial charge >= 0.3 is 0 Å². The van der Waals surface area contributed by atoms with E-state index in [1.807, 2.05) is 38.1 Å². The van der Waals surface area contributed by atoms with Gasteiger partial charge in [0.1, 0.15) is 11.4 Å². The molecule has 3 aromatic rings. The Morgan fingerprint density at radius 1 is 0.966 bits per heavy atom. The molecule has 0 saturated carbocycles. The minimum Gasteiger partial charge on any atom is -0.491 e. The summed E-state index contributed by atoms with van der Waals surface area (Å²) in [5, 5.41) is 5.52. The lowest BCUT2D eigenvalue weighted by molar-refractivity contribution is 0.102. The van der Waals surface area contributed by atoms with E-state index in [4.69, 9.17) is 4.74 Å². The lowest BCUT2D eigenvalue weighted by Crippen LogP contribution is -2.15. The van der Waals surface area contributed by atoms with E-state index >= 15 is 0 Å². The van der Waals surface area contributed by atoms with Crippen LogP contribution in [0.3, 0.4) is 0 Å². The van der Waals surface area contributed by atoms with Gasteiger partial charge in [0.05, 0.1) is 6.10 Å². The molecule has 0 aliphatic carbocycles. The third-order valence-corrected chi connectivity index (χ3v) is 3.75. The third-order valence-electron chi connectivity index (χ3n) is 3.75. The molecule has 0 fully saturated rings. The fraction of sp³-hybridized carbons (Fsp3) is 0.190. The summed E-state index contributed by atoms with van der Waals surface area (Å²) in [6.07, 6.45) is 0.0737. The summed E-state index contributed by atoms with van der Waals surface area (Å²) in [6.45, 7) is 5.61. The maximum absolute atomic E-state index is 13.3. The van der Waals surface area contributed by atoms with E-state index in [2.05, 4.69) is 20.6 Å². The summed E-state index contributed by atoms with van der Waals surface area (Å²) in [5.74, 6) is -1.63. The molecule has 0 unspecified atom stereocenters. The third kappa shape index (κ3) is 5.47. The molecule has 29 heavy (non-hydrogen) atoms. The number of hydrogen-bond donors (Lipinski definition) is 2. The van der Waals surface area contributed by atoms with Crippen molar-refractivity contribution in [1.29, 1.82) is 0 Å². The maximum Gasteiger partial charge on any atom is 0.274 e. The number of carbonyl (C=O) groups is 1. The fourth-order valence-electron chi connectivity index (χ4n) is 2.53. The SMILES string of the molecule is Cc1cc(C(=O)Nc2ccc(F)c(F)c2)nc(Nc2ccc(OC(C)C)cc2)n1. The molecule has 150 valence electrons. The van der Waals surface area contributed by atoms with Crippen LogP contribution < -0.4 is 15.4 Å². The van der Waals surface area contributed by atoms with Crippen LogP contribution in [0.15, 0.2) is 48.5 Å². The van der Waals surface area contributed by atoms with Gasteiger partial charge in [0.2, 0.25) is 5.95 Å². The van der Waals surface area contributed by atoms with E-state index in [1.165, 1.54) is 12.1 Å². The van der Waals surface area contributed by atoms with Gasteiger partial charge in [-0.05, 0) is 63.2 Å². The number of benzene rings is 2. The highest BCUT2D eigenvalue weighted by molar-refractivity contribution is 6.03. The van der Waals surface area contributed by atoms with Crippen LogP contribution in [0, 0.1) is 18.6 Å². The van der Waals surface area contributed by atoms with Gasteiger partial charge in [0.25, 0.3) is 5.91 Å². The molecule has 1 amide bonds. The zero-order chi connectivity index (χ0) is 21.0. The lowest BCUT2D eigenvalue weighted by atomic mass is 10.2. The number of hydrogen-bond acceptors (Lipinski definition) is 5. The minimum absolute atomic E-state index is 0.0737. The molecular formula is C21H20F2N4O2. The van der Waals surface area contributed by atoms with Crippen molar-refractivity contribution in [2.45, 2.75) is 26.9 Å². The Bertz CT molecular complexity index is 1020. The number of nitrogens with zero attached hydrogens (tertiary/aromatic N) is 2. The monoisotopic (exact) mass is 398 g/mol. The first-order valence-electron chi connectivity index (χ1n) is 8.96. The minimum atomic E-state index is -1.05. The standard InChI is InChI=1S/C21H20F2N4O2/c1-12(2)29-16-7-4-14(5-8-16)26-21-24-13(3)10-19(27-21)20(28)25-15-6-9-17(22)18(23)11-15/h4-12H,1-3H3,(H,25,28)(H,24,26,27). The number of amides is 1. The molecule has 0 saturated heterocycles. The Balaban J connectivity index is 1.75. The Hall–Kier alpha value is -3.55. The van der Waals surface area contributed by atoms with Crippen LogP contribution in [0.4, 0.5) is 26.1 Å². The van der Waals surface area contributed by atoms with Crippen LogP contribution >= 0.6 is 0 Å². The second kappa shape index (κ2) is 8.64. The molecular weight excluding hydrogens is 378 g/mol. The number of carbonyl (C=O) groups excluding carboxylic acids is 1. The van der Waals surface area contributed by atoms with Gasteiger partial charge in [-0.3, -0.25) is 4.79 Å². The van der Waals surface area contributed by atoms with Crippen molar-refractivity contribution in [1.82, 2.24) is 9.97 Å². The topological polar surface area (TPSA) is 76.1 Å².